The van der Waals surface area contributed by atoms with Gasteiger partial charge in [0.2, 0.25) is 5.49 Å². The Balaban J connectivity index is 2.36. The van der Waals surface area contributed by atoms with Gasteiger partial charge in [0.1, 0.15) is 5.69 Å². The van der Waals surface area contributed by atoms with Gasteiger partial charge in [0.15, 0.2) is 11.6 Å². The maximum absolute atomic E-state index is 13.7. The van der Waals surface area contributed by atoms with Crippen molar-refractivity contribution in [1.29, 1.82) is 0 Å². The molecule has 6 heteroatoms. The van der Waals surface area contributed by atoms with Crippen LogP contribution in [0.25, 0.3) is 5.65 Å². The molecule has 0 aliphatic heterocycles. The number of fused-ring (bicyclic) bond motifs is 1. The molecular weight excluding hydrogens is 276 g/mol. The molecule has 0 amide bonds. The fourth-order valence-corrected chi connectivity index (χ4v) is 2.11. The summed E-state index contributed by atoms with van der Waals surface area (Å²) in [4.78, 5) is 3.95. The van der Waals surface area contributed by atoms with E-state index in [1.807, 2.05) is 0 Å². The summed E-state index contributed by atoms with van der Waals surface area (Å²) in [6.45, 7) is 0. The minimum atomic E-state index is -0.775. The van der Waals surface area contributed by atoms with Crippen LogP contribution in [0, 0.1) is 11.6 Å². The van der Waals surface area contributed by atoms with Gasteiger partial charge in [-0.25, -0.2) is 22.7 Å². The number of para-hydroxylation sites is 1. The number of rotatable bonds is 1. The summed E-state index contributed by atoms with van der Waals surface area (Å²) >= 11 is 0. The second kappa shape index (κ2) is 4.97. The lowest BCUT2D eigenvalue weighted by molar-refractivity contribution is -0.588. The van der Waals surface area contributed by atoms with Crippen molar-refractivity contribution < 1.29 is 18.3 Å². The van der Waals surface area contributed by atoms with Crippen LogP contribution in [-0.2, 0) is 7.05 Å². The molecule has 0 saturated carbocycles. The molecular formula is C15H11F2N3O. The second-order valence-corrected chi connectivity index (χ2v) is 4.51. The third-order valence-electron chi connectivity index (χ3n) is 3.18. The molecule has 0 aliphatic rings. The van der Waals surface area contributed by atoms with E-state index in [9.17, 15) is 13.9 Å². The average molecular weight is 287 g/mol. The van der Waals surface area contributed by atoms with Crippen molar-refractivity contribution in [3.05, 3.63) is 65.8 Å². The zero-order valence-corrected chi connectivity index (χ0v) is 11.1. The Kier molecular flexibility index (Phi) is 3.13. The molecule has 2 heterocycles. The molecule has 0 spiro atoms. The van der Waals surface area contributed by atoms with Gasteiger partial charge in [-0.3, -0.25) is 0 Å². The Bertz CT molecular complexity index is 883. The lowest BCUT2D eigenvalue weighted by Gasteiger charge is -2.08. The van der Waals surface area contributed by atoms with E-state index in [-0.39, 0.29) is 11.4 Å². The lowest BCUT2D eigenvalue weighted by atomic mass is 10.3. The number of aryl methyl sites for hydroxylation is 1. The largest absolute Gasteiger partial charge is 0.842 e. The highest BCUT2D eigenvalue weighted by Crippen LogP contribution is 2.20. The van der Waals surface area contributed by atoms with Gasteiger partial charge < -0.3 is 5.11 Å². The average Bonchev–Trinajstić information content (AvgIpc) is 2.48. The molecule has 0 atom stereocenters. The molecule has 4 nitrogen and oxygen atoms in total. The molecule has 0 fully saturated rings. The summed E-state index contributed by atoms with van der Waals surface area (Å²) < 4.78 is 30.3. The molecule has 3 aromatic rings. The van der Waals surface area contributed by atoms with Crippen molar-refractivity contribution in [3.8, 4) is 5.88 Å². The van der Waals surface area contributed by atoms with Crippen LogP contribution in [0.15, 0.2) is 53.7 Å². The first kappa shape index (κ1) is 13.2. The summed E-state index contributed by atoms with van der Waals surface area (Å²) in [5, 5.41) is 12.0. The molecule has 0 aliphatic carbocycles. The molecule has 0 radical (unpaired) electrons. The molecule has 2 aromatic heterocycles. The predicted octanol–water partition coefficient (Wildman–Crippen LogP) is 1.35. The molecule has 21 heavy (non-hydrogen) atoms. The van der Waals surface area contributed by atoms with Crippen LogP contribution < -0.4 is 15.0 Å². The fraction of sp³-hybridized carbons (Fsp3) is 0.0667. The first-order valence-corrected chi connectivity index (χ1v) is 6.24. The number of benzene rings is 1. The van der Waals surface area contributed by atoms with Gasteiger partial charge in [0.05, 0.1) is 19.1 Å². The van der Waals surface area contributed by atoms with Crippen LogP contribution in [0.1, 0.15) is 0 Å². The highest BCUT2D eigenvalue weighted by Gasteiger charge is 2.10. The quantitative estimate of drug-likeness (QED) is 0.623. The maximum Gasteiger partial charge on any atom is 0.286 e. The van der Waals surface area contributed by atoms with E-state index in [1.165, 1.54) is 16.5 Å². The smallest absolute Gasteiger partial charge is 0.286 e. The van der Waals surface area contributed by atoms with Crippen molar-refractivity contribution in [2.24, 2.45) is 12.0 Å². The Morgan fingerprint density at radius 1 is 1.10 bits per heavy atom. The van der Waals surface area contributed by atoms with E-state index >= 15 is 0 Å². The Morgan fingerprint density at radius 2 is 1.81 bits per heavy atom. The third-order valence-corrected chi connectivity index (χ3v) is 3.18. The fourth-order valence-electron chi connectivity index (χ4n) is 2.11. The van der Waals surface area contributed by atoms with Gasteiger partial charge >= 0.3 is 0 Å². The molecule has 1 aromatic carbocycles. The van der Waals surface area contributed by atoms with Crippen molar-refractivity contribution in [2.75, 3.05) is 0 Å². The normalized spacial score (nSPS) is 12.0. The van der Waals surface area contributed by atoms with E-state index in [0.717, 1.165) is 12.1 Å². The predicted molar refractivity (Wildman–Crippen MR) is 69.6 cm³/mol. The third kappa shape index (κ3) is 2.24. The van der Waals surface area contributed by atoms with Gasteiger partial charge in [0.25, 0.3) is 5.65 Å². The summed E-state index contributed by atoms with van der Waals surface area (Å²) in [5.41, 5.74) is 0.337. The van der Waals surface area contributed by atoms with Gasteiger partial charge in [-0.15, -0.1) is 0 Å². The van der Waals surface area contributed by atoms with Crippen molar-refractivity contribution in [3.63, 3.8) is 0 Å². The first-order chi connectivity index (χ1) is 10.1. The molecule has 0 bridgehead atoms. The van der Waals surface area contributed by atoms with Crippen LogP contribution in [0.4, 0.5) is 14.5 Å². The monoisotopic (exact) mass is 287 g/mol. The van der Waals surface area contributed by atoms with Crippen LogP contribution in [0.5, 0.6) is 5.88 Å². The van der Waals surface area contributed by atoms with Crippen LogP contribution in [0.2, 0.25) is 0 Å². The highest BCUT2D eigenvalue weighted by atomic mass is 19.1. The van der Waals surface area contributed by atoms with E-state index < -0.39 is 17.3 Å². The SMILES string of the molecule is Cn1c(=Nc2c(F)cccc2F)cc([O-])[n+]2ccccc12. The Morgan fingerprint density at radius 3 is 2.52 bits per heavy atom. The maximum atomic E-state index is 13.7. The van der Waals surface area contributed by atoms with Gasteiger partial charge in [0, 0.05) is 12.1 Å². The highest BCUT2D eigenvalue weighted by molar-refractivity contribution is 5.40. The van der Waals surface area contributed by atoms with Crippen LogP contribution in [0.3, 0.4) is 0 Å². The van der Waals surface area contributed by atoms with Crippen molar-refractivity contribution >= 4 is 11.3 Å². The topological polar surface area (TPSA) is 44.4 Å². The van der Waals surface area contributed by atoms with Crippen molar-refractivity contribution in [2.45, 2.75) is 0 Å². The molecule has 0 saturated heterocycles. The van der Waals surface area contributed by atoms with Gasteiger partial charge in [-0.1, -0.05) is 12.1 Å². The zero-order valence-electron chi connectivity index (χ0n) is 11.1. The number of nitrogens with zero attached hydrogens (tertiary/aromatic N) is 3. The summed E-state index contributed by atoms with van der Waals surface area (Å²) in [5.74, 6) is -1.87. The second-order valence-electron chi connectivity index (χ2n) is 4.51. The Labute approximate surface area is 118 Å². The van der Waals surface area contributed by atoms with Crippen LogP contribution >= 0.6 is 0 Å². The molecule has 0 N–H and O–H groups in total. The minimum Gasteiger partial charge on any atom is -0.842 e. The van der Waals surface area contributed by atoms with Gasteiger partial charge in [-0.05, 0) is 18.2 Å². The minimum absolute atomic E-state index is 0.176. The standard InChI is InChI=1S/C15H11F2N3O/c1-19-12(18-15-10(16)5-4-6-11(15)17)9-14(21)20-8-3-2-7-13(19)20/h2-9H,1H3. The summed E-state index contributed by atoms with van der Waals surface area (Å²) in [7, 11) is 1.67. The number of pyridine rings is 1. The summed E-state index contributed by atoms with van der Waals surface area (Å²) in [6.07, 6.45) is 1.62. The Hall–Kier alpha value is -2.76. The number of hydrogen-bond donors (Lipinski definition) is 0. The lowest BCUT2D eigenvalue weighted by Crippen LogP contribution is -2.35. The van der Waals surface area contributed by atoms with Gasteiger partial charge in [-0.2, -0.15) is 0 Å². The summed E-state index contributed by atoms with van der Waals surface area (Å²) in [6, 6.07) is 9.95. The van der Waals surface area contributed by atoms with E-state index in [1.54, 1.807) is 36.0 Å². The zero-order chi connectivity index (χ0) is 15.0. The van der Waals surface area contributed by atoms with E-state index in [0.29, 0.717) is 5.65 Å². The number of halogens is 2. The molecule has 0 unspecified atom stereocenters. The molecule has 3 rings (SSSR count). The molecule has 106 valence electrons. The first-order valence-electron chi connectivity index (χ1n) is 6.24. The number of hydrogen-bond acceptors (Lipinski definition) is 2. The number of aromatic nitrogens is 2. The van der Waals surface area contributed by atoms with E-state index in [4.69, 9.17) is 0 Å². The van der Waals surface area contributed by atoms with Crippen LogP contribution in [-0.4, -0.2) is 4.57 Å². The van der Waals surface area contributed by atoms with E-state index in [2.05, 4.69) is 4.99 Å². The van der Waals surface area contributed by atoms with Crippen molar-refractivity contribution in [1.82, 2.24) is 4.57 Å².